The van der Waals surface area contributed by atoms with Crippen LogP contribution in [0.4, 0.5) is 0 Å². The van der Waals surface area contributed by atoms with Gasteiger partial charge in [-0.05, 0) is 25.3 Å². The monoisotopic (exact) mass is 153 g/mol. The molecule has 1 heterocycles. The lowest BCUT2D eigenvalue weighted by Crippen LogP contribution is -1.87. The summed E-state index contributed by atoms with van der Waals surface area (Å²) in [5, 5.41) is 2.06. The van der Waals surface area contributed by atoms with Gasteiger partial charge in [0.05, 0.1) is 0 Å². The molecule has 0 aromatic carbocycles. The van der Waals surface area contributed by atoms with Crippen molar-refractivity contribution in [1.82, 2.24) is 0 Å². The van der Waals surface area contributed by atoms with Crippen LogP contribution in [0.2, 0.25) is 0 Å². The molecule has 0 aliphatic carbocycles. The third-order valence-corrected chi connectivity index (χ3v) is 1.85. The number of aliphatic imine (C=N–C) groups is 1. The predicted molar refractivity (Wildman–Crippen MR) is 47.0 cm³/mol. The smallest absolute Gasteiger partial charge is 0.0448 e. The Labute approximate surface area is 65.4 Å². The Hall–Kier alpha value is -0.630. The first-order valence-corrected chi connectivity index (χ1v) is 4.23. The second kappa shape index (κ2) is 3.52. The first kappa shape index (κ1) is 7.48. The van der Waals surface area contributed by atoms with Crippen molar-refractivity contribution in [3.8, 4) is 0 Å². The van der Waals surface area contributed by atoms with Gasteiger partial charge in [0.25, 0.3) is 0 Å². The van der Waals surface area contributed by atoms with Crippen LogP contribution in [-0.4, -0.2) is 12.3 Å². The summed E-state index contributed by atoms with van der Waals surface area (Å²) in [6, 6.07) is 4.50. The lowest BCUT2D eigenvalue weighted by atomic mass is 10.4. The second-order valence-electron chi connectivity index (χ2n) is 2.39. The van der Waals surface area contributed by atoms with Gasteiger partial charge < -0.3 is 0 Å². The summed E-state index contributed by atoms with van der Waals surface area (Å²) in [6.07, 6.45) is 1.93. The van der Waals surface area contributed by atoms with Crippen LogP contribution in [-0.2, 0) is 0 Å². The zero-order valence-corrected chi connectivity index (χ0v) is 7.06. The fourth-order valence-electron chi connectivity index (χ4n) is 0.587. The topological polar surface area (TPSA) is 12.4 Å². The maximum Gasteiger partial charge on any atom is 0.0448 e. The highest BCUT2D eigenvalue weighted by Crippen LogP contribution is 2.04. The SMILES string of the molecule is CC(C)N=Cc1cccs1. The molecule has 54 valence electrons. The molecule has 0 N–H and O–H groups in total. The maximum atomic E-state index is 4.25. The molecule has 10 heavy (non-hydrogen) atoms. The molecule has 0 saturated carbocycles. The summed E-state index contributed by atoms with van der Waals surface area (Å²) in [5.74, 6) is 0. The van der Waals surface area contributed by atoms with Crippen molar-refractivity contribution in [2.24, 2.45) is 4.99 Å². The van der Waals surface area contributed by atoms with Crippen LogP contribution < -0.4 is 0 Å². The first-order valence-electron chi connectivity index (χ1n) is 3.35. The molecule has 0 radical (unpaired) electrons. The molecule has 0 unspecified atom stereocenters. The van der Waals surface area contributed by atoms with E-state index in [0.717, 1.165) is 0 Å². The van der Waals surface area contributed by atoms with Crippen LogP contribution >= 0.6 is 11.3 Å². The molecular formula is C8H11NS. The minimum atomic E-state index is 0.405. The number of thiophene rings is 1. The van der Waals surface area contributed by atoms with E-state index in [-0.39, 0.29) is 0 Å². The summed E-state index contributed by atoms with van der Waals surface area (Å²) < 4.78 is 0. The van der Waals surface area contributed by atoms with Crippen molar-refractivity contribution in [3.63, 3.8) is 0 Å². The average molecular weight is 153 g/mol. The van der Waals surface area contributed by atoms with Crippen molar-refractivity contribution < 1.29 is 0 Å². The van der Waals surface area contributed by atoms with Gasteiger partial charge in [0.15, 0.2) is 0 Å². The minimum absolute atomic E-state index is 0.405. The molecule has 1 rings (SSSR count). The molecule has 0 aliphatic rings. The number of hydrogen-bond acceptors (Lipinski definition) is 2. The van der Waals surface area contributed by atoms with E-state index in [9.17, 15) is 0 Å². The van der Waals surface area contributed by atoms with Crippen LogP contribution in [0, 0.1) is 0 Å². The number of hydrogen-bond donors (Lipinski definition) is 0. The molecule has 0 saturated heterocycles. The van der Waals surface area contributed by atoms with Gasteiger partial charge in [0.2, 0.25) is 0 Å². The summed E-state index contributed by atoms with van der Waals surface area (Å²) in [7, 11) is 0. The van der Waals surface area contributed by atoms with Gasteiger partial charge in [-0.25, -0.2) is 0 Å². The van der Waals surface area contributed by atoms with Crippen molar-refractivity contribution >= 4 is 17.6 Å². The van der Waals surface area contributed by atoms with Gasteiger partial charge in [0.1, 0.15) is 0 Å². The molecule has 0 amide bonds. The molecule has 1 aromatic heterocycles. The fourth-order valence-corrected chi connectivity index (χ4v) is 1.18. The summed E-state index contributed by atoms with van der Waals surface area (Å²) in [6.45, 7) is 4.15. The Kier molecular flexibility index (Phi) is 2.63. The molecule has 2 heteroatoms. The van der Waals surface area contributed by atoms with E-state index >= 15 is 0 Å². The van der Waals surface area contributed by atoms with Gasteiger partial charge >= 0.3 is 0 Å². The summed E-state index contributed by atoms with van der Waals surface area (Å²) >= 11 is 1.72. The Bertz CT molecular complexity index is 199. The van der Waals surface area contributed by atoms with Gasteiger partial charge in [0, 0.05) is 17.1 Å². The van der Waals surface area contributed by atoms with Crippen LogP contribution in [0.5, 0.6) is 0 Å². The van der Waals surface area contributed by atoms with Gasteiger partial charge in [-0.1, -0.05) is 6.07 Å². The first-order chi connectivity index (χ1) is 4.79. The molecule has 0 atom stereocenters. The van der Waals surface area contributed by atoms with Crippen molar-refractivity contribution in [3.05, 3.63) is 22.4 Å². The second-order valence-corrected chi connectivity index (χ2v) is 3.37. The third-order valence-electron chi connectivity index (χ3n) is 1.04. The largest absolute Gasteiger partial charge is 0.289 e. The Balaban J connectivity index is 2.55. The lowest BCUT2D eigenvalue weighted by molar-refractivity contribution is 0.841. The Morgan fingerprint density at radius 1 is 1.60 bits per heavy atom. The summed E-state index contributed by atoms with van der Waals surface area (Å²) in [4.78, 5) is 5.48. The predicted octanol–water partition coefficient (Wildman–Crippen LogP) is 2.58. The zero-order valence-electron chi connectivity index (χ0n) is 6.24. The highest BCUT2D eigenvalue weighted by atomic mass is 32.1. The minimum Gasteiger partial charge on any atom is -0.289 e. The normalized spacial score (nSPS) is 11.5. The molecule has 0 aliphatic heterocycles. The van der Waals surface area contributed by atoms with E-state index in [0.29, 0.717) is 6.04 Å². The molecule has 0 bridgehead atoms. The van der Waals surface area contributed by atoms with E-state index in [1.807, 2.05) is 12.3 Å². The van der Waals surface area contributed by atoms with Crippen LogP contribution in [0.15, 0.2) is 22.5 Å². The van der Waals surface area contributed by atoms with Gasteiger partial charge in [-0.3, -0.25) is 4.99 Å². The highest BCUT2D eigenvalue weighted by molar-refractivity contribution is 7.11. The van der Waals surface area contributed by atoms with E-state index in [2.05, 4.69) is 30.3 Å². The van der Waals surface area contributed by atoms with E-state index in [4.69, 9.17) is 0 Å². The van der Waals surface area contributed by atoms with Crippen LogP contribution in [0.25, 0.3) is 0 Å². The van der Waals surface area contributed by atoms with Gasteiger partial charge in [-0.15, -0.1) is 11.3 Å². The van der Waals surface area contributed by atoms with Crippen molar-refractivity contribution in [2.45, 2.75) is 19.9 Å². The quantitative estimate of drug-likeness (QED) is 0.579. The van der Waals surface area contributed by atoms with E-state index in [1.165, 1.54) is 4.88 Å². The standard InChI is InChI=1S/C8H11NS/c1-7(2)9-6-8-4-3-5-10-8/h3-7H,1-2H3. The Morgan fingerprint density at radius 3 is 2.90 bits per heavy atom. The zero-order chi connectivity index (χ0) is 7.40. The van der Waals surface area contributed by atoms with E-state index < -0.39 is 0 Å². The highest BCUT2D eigenvalue weighted by Gasteiger charge is 1.87. The van der Waals surface area contributed by atoms with Crippen molar-refractivity contribution in [1.29, 1.82) is 0 Å². The molecule has 0 fully saturated rings. The average Bonchev–Trinajstić information content (AvgIpc) is 2.34. The van der Waals surface area contributed by atoms with Crippen LogP contribution in [0.3, 0.4) is 0 Å². The fraction of sp³-hybridized carbons (Fsp3) is 0.375. The van der Waals surface area contributed by atoms with Crippen LogP contribution in [0.1, 0.15) is 18.7 Å². The van der Waals surface area contributed by atoms with Crippen molar-refractivity contribution in [2.75, 3.05) is 0 Å². The molecule has 1 aromatic rings. The molecule has 1 nitrogen and oxygen atoms in total. The maximum absolute atomic E-state index is 4.25. The lowest BCUT2D eigenvalue weighted by Gasteiger charge is -1.91. The molecule has 0 spiro atoms. The summed E-state index contributed by atoms with van der Waals surface area (Å²) in [5.41, 5.74) is 0. The Morgan fingerprint density at radius 2 is 2.40 bits per heavy atom. The van der Waals surface area contributed by atoms with Gasteiger partial charge in [-0.2, -0.15) is 0 Å². The number of nitrogens with zero attached hydrogens (tertiary/aromatic N) is 1. The number of rotatable bonds is 2. The van der Waals surface area contributed by atoms with E-state index in [1.54, 1.807) is 11.3 Å². The third kappa shape index (κ3) is 2.31. The molecular weight excluding hydrogens is 142 g/mol.